The lowest BCUT2D eigenvalue weighted by atomic mass is 9.82. The van der Waals surface area contributed by atoms with E-state index in [0.29, 0.717) is 24.8 Å². The van der Waals surface area contributed by atoms with Crippen molar-refractivity contribution in [1.29, 1.82) is 0 Å². The summed E-state index contributed by atoms with van der Waals surface area (Å²) in [7, 11) is 0. The van der Waals surface area contributed by atoms with E-state index in [2.05, 4.69) is 10.1 Å². The van der Waals surface area contributed by atoms with Crippen LogP contribution in [-0.2, 0) is 6.54 Å². The lowest BCUT2D eigenvalue weighted by molar-refractivity contribution is -0.0514. The molecule has 1 aromatic rings. The van der Waals surface area contributed by atoms with Crippen LogP contribution in [0.15, 0.2) is 18.2 Å². The fraction of sp³-hybridized carbons (Fsp3) is 0.600. The van der Waals surface area contributed by atoms with E-state index in [1.165, 1.54) is 6.07 Å². The Morgan fingerprint density at radius 2 is 2.10 bits per heavy atom. The third kappa shape index (κ3) is 4.82. The zero-order chi connectivity index (χ0) is 15.2. The Balaban J connectivity index is 1.88. The van der Waals surface area contributed by atoms with Gasteiger partial charge in [0.05, 0.1) is 12.7 Å². The number of aliphatic hydroxyl groups is 1. The third-order valence-electron chi connectivity index (χ3n) is 3.50. The minimum absolute atomic E-state index is 0.0534. The summed E-state index contributed by atoms with van der Waals surface area (Å²) >= 11 is 0. The van der Waals surface area contributed by atoms with Crippen LogP contribution >= 0.6 is 0 Å². The first kappa shape index (κ1) is 16.0. The summed E-state index contributed by atoms with van der Waals surface area (Å²) in [6, 6.07) is 4.95. The predicted molar refractivity (Wildman–Crippen MR) is 74.7 cm³/mol. The summed E-state index contributed by atoms with van der Waals surface area (Å²) < 4.78 is 34.4. The van der Waals surface area contributed by atoms with Crippen LogP contribution < -0.4 is 14.8 Å². The standard InChI is InChI=1S/C15H21F2NO3/c1-2-20-14-7-10(3-4-13(14)21-15(16)17)8-18-9-11-5-12(19)6-11/h3-4,7,11-12,15,18-19H,2,5-6,8-9H2,1H3. The van der Waals surface area contributed by atoms with Crippen LogP contribution in [0.2, 0.25) is 0 Å². The molecule has 118 valence electrons. The molecule has 1 aliphatic rings. The Labute approximate surface area is 123 Å². The highest BCUT2D eigenvalue weighted by atomic mass is 19.3. The van der Waals surface area contributed by atoms with Gasteiger partial charge in [-0.3, -0.25) is 0 Å². The fourth-order valence-corrected chi connectivity index (χ4v) is 2.41. The fourth-order valence-electron chi connectivity index (χ4n) is 2.41. The topological polar surface area (TPSA) is 50.7 Å². The van der Waals surface area contributed by atoms with Gasteiger partial charge in [-0.2, -0.15) is 8.78 Å². The molecule has 1 fully saturated rings. The summed E-state index contributed by atoms with van der Waals surface area (Å²) in [6.07, 6.45) is 1.55. The van der Waals surface area contributed by atoms with Gasteiger partial charge in [-0.15, -0.1) is 0 Å². The average Bonchev–Trinajstić information content (AvgIpc) is 2.39. The number of hydrogen-bond donors (Lipinski definition) is 2. The van der Waals surface area contributed by atoms with Crippen molar-refractivity contribution < 1.29 is 23.4 Å². The molecule has 0 heterocycles. The zero-order valence-electron chi connectivity index (χ0n) is 12.0. The third-order valence-corrected chi connectivity index (χ3v) is 3.50. The number of hydrogen-bond acceptors (Lipinski definition) is 4. The molecular weight excluding hydrogens is 280 g/mol. The highest BCUT2D eigenvalue weighted by molar-refractivity contribution is 5.43. The molecule has 1 aliphatic carbocycles. The second-order valence-electron chi connectivity index (χ2n) is 5.21. The van der Waals surface area contributed by atoms with Crippen molar-refractivity contribution in [3.05, 3.63) is 23.8 Å². The van der Waals surface area contributed by atoms with Gasteiger partial charge >= 0.3 is 6.61 Å². The van der Waals surface area contributed by atoms with E-state index in [1.807, 2.05) is 0 Å². The van der Waals surface area contributed by atoms with Gasteiger partial charge in [-0.25, -0.2) is 0 Å². The van der Waals surface area contributed by atoms with Crippen LogP contribution in [0.25, 0.3) is 0 Å². The Hall–Kier alpha value is -1.40. The van der Waals surface area contributed by atoms with Crippen LogP contribution in [-0.4, -0.2) is 31.0 Å². The van der Waals surface area contributed by atoms with E-state index < -0.39 is 6.61 Å². The van der Waals surface area contributed by atoms with Crippen LogP contribution in [0, 0.1) is 5.92 Å². The monoisotopic (exact) mass is 301 g/mol. The Morgan fingerprint density at radius 1 is 1.33 bits per heavy atom. The largest absolute Gasteiger partial charge is 0.490 e. The quantitative estimate of drug-likeness (QED) is 0.775. The van der Waals surface area contributed by atoms with Crippen LogP contribution in [0.3, 0.4) is 0 Å². The van der Waals surface area contributed by atoms with Crippen molar-refractivity contribution in [1.82, 2.24) is 5.32 Å². The van der Waals surface area contributed by atoms with E-state index in [9.17, 15) is 13.9 Å². The van der Waals surface area contributed by atoms with E-state index in [-0.39, 0.29) is 11.9 Å². The molecule has 21 heavy (non-hydrogen) atoms. The lowest BCUT2D eigenvalue weighted by Crippen LogP contribution is -2.35. The number of halogens is 2. The highest BCUT2D eigenvalue weighted by Crippen LogP contribution is 2.30. The second-order valence-corrected chi connectivity index (χ2v) is 5.21. The summed E-state index contributed by atoms with van der Waals surface area (Å²) in [4.78, 5) is 0. The molecule has 0 unspecified atom stereocenters. The maximum absolute atomic E-state index is 12.3. The molecule has 0 radical (unpaired) electrons. The van der Waals surface area contributed by atoms with Crippen molar-refractivity contribution >= 4 is 0 Å². The maximum Gasteiger partial charge on any atom is 0.387 e. The number of alkyl halides is 2. The molecule has 1 aromatic carbocycles. The van der Waals surface area contributed by atoms with Gasteiger partial charge in [0.25, 0.3) is 0 Å². The van der Waals surface area contributed by atoms with E-state index in [0.717, 1.165) is 24.9 Å². The molecule has 1 saturated carbocycles. The van der Waals surface area contributed by atoms with Gasteiger partial charge < -0.3 is 19.9 Å². The summed E-state index contributed by atoms with van der Waals surface area (Å²) in [5.74, 6) is 0.904. The van der Waals surface area contributed by atoms with Crippen molar-refractivity contribution in [2.75, 3.05) is 13.2 Å². The summed E-state index contributed by atoms with van der Waals surface area (Å²) in [5.41, 5.74) is 0.944. The second kappa shape index (κ2) is 7.56. The minimum Gasteiger partial charge on any atom is -0.490 e. The van der Waals surface area contributed by atoms with Crippen molar-refractivity contribution in [3.63, 3.8) is 0 Å². The van der Waals surface area contributed by atoms with Crippen LogP contribution in [0.4, 0.5) is 8.78 Å². The zero-order valence-corrected chi connectivity index (χ0v) is 12.0. The summed E-state index contributed by atoms with van der Waals surface area (Å²) in [5, 5.41) is 12.5. The van der Waals surface area contributed by atoms with Gasteiger partial charge in [0, 0.05) is 6.54 Å². The molecular formula is C15H21F2NO3. The molecule has 0 aliphatic heterocycles. The normalized spacial score (nSPS) is 21.2. The Kier molecular flexibility index (Phi) is 5.76. The average molecular weight is 301 g/mol. The SMILES string of the molecule is CCOc1cc(CNCC2CC(O)C2)ccc1OC(F)F. The molecule has 0 saturated heterocycles. The molecule has 2 N–H and O–H groups in total. The van der Waals surface area contributed by atoms with Gasteiger partial charge in [0.1, 0.15) is 0 Å². The summed E-state index contributed by atoms with van der Waals surface area (Å²) in [6.45, 7) is 0.783. The maximum atomic E-state index is 12.3. The molecule has 4 nitrogen and oxygen atoms in total. The first-order valence-corrected chi connectivity index (χ1v) is 7.17. The molecule has 0 atom stereocenters. The number of nitrogens with one attached hydrogen (secondary N) is 1. The number of rotatable bonds is 8. The predicted octanol–water partition coefficient (Wildman–Crippen LogP) is 2.55. The van der Waals surface area contributed by atoms with Crippen molar-refractivity contribution in [2.45, 2.75) is 39.0 Å². The molecule has 2 rings (SSSR count). The molecule has 0 spiro atoms. The first-order valence-electron chi connectivity index (χ1n) is 7.17. The number of aliphatic hydroxyl groups excluding tert-OH is 1. The molecule has 0 amide bonds. The van der Waals surface area contributed by atoms with E-state index in [4.69, 9.17) is 4.74 Å². The Morgan fingerprint density at radius 3 is 2.71 bits per heavy atom. The van der Waals surface area contributed by atoms with Crippen LogP contribution in [0.5, 0.6) is 11.5 Å². The number of ether oxygens (including phenoxy) is 2. The van der Waals surface area contributed by atoms with Gasteiger partial charge in [0.2, 0.25) is 0 Å². The molecule has 6 heteroatoms. The highest BCUT2D eigenvalue weighted by Gasteiger charge is 2.26. The van der Waals surface area contributed by atoms with Gasteiger partial charge in [0.15, 0.2) is 11.5 Å². The smallest absolute Gasteiger partial charge is 0.387 e. The minimum atomic E-state index is -2.86. The van der Waals surface area contributed by atoms with Crippen molar-refractivity contribution in [3.8, 4) is 11.5 Å². The first-order chi connectivity index (χ1) is 10.1. The Bertz CT molecular complexity index is 451. The molecule has 0 aromatic heterocycles. The number of benzene rings is 1. The van der Waals surface area contributed by atoms with E-state index in [1.54, 1.807) is 19.1 Å². The van der Waals surface area contributed by atoms with E-state index >= 15 is 0 Å². The van der Waals surface area contributed by atoms with Crippen molar-refractivity contribution in [2.24, 2.45) is 5.92 Å². The van der Waals surface area contributed by atoms with Gasteiger partial charge in [-0.05, 0) is 49.9 Å². The molecule has 0 bridgehead atoms. The van der Waals surface area contributed by atoms with Crippen LogP contribution in [0.1, 0.15) is 25.3 Å². The van der Waals surface area contributed by atoms with Gasteiger partial charge in [-0.1, -0.05) is 6.07 Å². The lowest BCUT2D eigenvalue weighted by Gasteiger charge is -2.31.